The van der Waals surface area contributed by atoms with E-state index in [0.29, 0.717) is 5.15 Å². The number of thioether (sulfide) groups is 1. The Kier molecular flexibility index (Phi) is 4.15. The Bertz CT molecular complexity index is 313. The van der Waals surface area contributed by atoms with Crippen molar-refractivity contribution >= 4 is 29.1 Å². The van der Waals surface area contributed by atoms with Crippen LogP contribution in [0.25, 0.3) is 0 Å². The normalized spacial score (nSPS) is 21.3. The van der Waals surface area contributed by atoms with Crippen LogP contribution in [0.5, 0.6) is 0 Å². The van der Waals surface area contributed by atoms with Crippen molar-refractivity contribution in [2.75, 3.05) is 17.6 Å². The molecule has 1 atom stereocenters. The average molecular weight is 243 g/mol. The number of hydrogen-bond acceptors (Lipinski definition) is 3. The summed E-state index contributed by atoms with van der Waals surface area (Å²) in [4.78, 5) is 3.95. The Morgan fingerprint density at radius 2 is 2.47 bits per heavy atom. The molecule has 2 heterocycles. The summed E-state index contributed by atoms with van der Waals surface area (Å²) in [7, 11) is 0. The SMILES string of the molecule is Clc1cc(NCC2CCCCS2)ccn1. The molecule has 0 aromatic carbocycles. The van der Waals surface area contributed by atoms with Gasteiger partial charge in [-0.1, -0.05) is 18.0 Å². The standard InChI is InChI=1S/C11H15ClN2S/c12-11-7-9(4-5-13-11)14-8-10-3-1-2-6-15-10/h4-5,7,10H,1-3,6,8H2,(H,13,14). The third-order valence-electron chi connectivity index (χ3n) is 2.53. The van der Waals surface area contributed by atoms with E-state index in [1.807, 2.05) is 12.1 Å². The Morgan fingerprint density at radius 1 is 1.53 bits per heavy atom. The fourth-order valence-electron chi connectivity index (χ4n) is 1.71. The van der Waals surface area contributed by atoms with E-state index in [2.05, 4.69) is 22.1 Å². The lowest BCUT2D eigenvalue weighted by Gasteiger charge is -2.21. The number of anilines is 1. The van der Waals surface area contributed by atoms with E-state index in [9.17, 15) is 0 Å². The van der Waals surface area contributed by atoms with Gasteiger partial charge in [0.25, 0.3) is 0 Å². The molecule has 82 valence electrons. The van der Waals surface area contributed by atoms with Crippen LogP contribution in [0.4, 0.5) is 5.69 Å². The molecule has 1 saturated heterocycles. The number of nitrogens with one attached hydrogen (secondary N) is 1. The molecule has 1 aliphatic heterocycles. The minimum atomic E-state index is 0.552. The maximum Gasteiger partial charge on any atom is 0.131 e. The van der Waals surface area contributed by atoms with Crippen LogP contribution in [0.1, 0.15) is 19.3 Å². The summed E-state index contributed by atoms with van der Waals surface area (Å²) in [6.07, 6.45) is 5.81. The van der Waals surface area contributed by atoms with Gasteiger partial charge in [0.2, 0.25) is 0 Å². The van der Waals surface area contributed by atoms with Gasteiger partial charge in [-0.2, -0.15) is 11.8 Å². The van der Waals surface area contributed by atoms with Crippen molar-refractivity contribution in [2.24, 2.45) is 0 Å². The van der Waals surface area contributed by atoms with E-state index in [-0.39, 0.29) is 0 Å². The maximum atomic E-state index is 5.81. The van der Waals surface area contributed by atoms with Crippen molar-refractivity contribution in [2.45, 2.75) is 24.5 Å². The zero-order valence-corrected chi connectivity index (χ0v) is 10.2. The Labute approximate surface area is 99.8 Å². The lowest BCUT2D eigenvalue weighted by Crippen LogP contribution is -2.19. The zero-order chi connectivity index (χ0) is 10.5. The molecule has 0 spiro atoms. The van der Waals surface area contributed by atoms with Crippen molar-refractivity contribution < 1.29 is 0 Å². The summed E-state index contributed by atoms with van der Waals surface area (Å²) in [5, 5.41) is 4.72. The fourth-order valence-corrected chi connectivity index (χ4v) is 3.13. The second-order valence-corrected chi connectivity index (χ2v) is 5.53. The minimum Gasteiger partial charge on any atom is -0.384 e. The molecule has 2 nitrogen and oxygen atoms in total. The van der Waals surface area contributed by atoms with Gasteiger partial charge in [0, 0.05) is 23.7 Å². The van der Waals surface area contributed by atoms with Gasteiger partial charge in [0.05, 0.1) is 0 Å². The highest BCUT2D eigenvalue weighted by molar-refractivity contribution is 7.99. The van der Waals surface area contributed by atoms with Crippen LogP contribution < -0.4 is 5.32 Å². The van der Waals surface area contributed by atoms with Crippen LogP contribution in [0, 0.1) is 0 Å². The van der Waals surface area contributed by atoms with Crippen LogP contribution in [-0.2, 0) is 0 Å². The van der Waals surface area contributed by atoms with Gasteiger partial charge in [-0.25, -0.2) is 4.98 Å². The van der Waals surface area contributed by atoms with Crippen molar-refractivity contribution in [3.63, 3.8) is 0 Å². The molecule has 1 aromatic heterocycles. The van der Waals surface area contributed by atoms with Crippen LogP contribution in [0.2, 0.25) is 5.15 Å². The van der Waals surface area contributed by atoms with Crippen LogP contribution >= 0.6 is 23.4 Å². The van der Waals surface area contributed by atoms with Crippen LogP contribution in [-0.4, -0.2) is 22.5 Å². The Balaban J connectivity index is 1.81. The van der Waals surface area contributed by atoms with Crippen molar-refractivity contribution in [3.8, 4) is 0 Å². The first-order valence-corrected chi connectivity index (χ1v) is 6.74. The molecule has 0 bridgehead atoms. The highest BCUT2D eigenvalue weighted by Gasteiger charge is 2.13. The molecule has 0 aliphatic carbocycles. The summed E-state index contributed by atoms with van der Waals surface area (Å²) >= 11 is 7.89. The predicted molar refractivity (Wildman–Crippen MR) is 67.8 cm³/mol. The molecule has 1 aromatic rings. The van der Waals surface area contributed by atoms with Crippen LogP contribution in [0.3, 0.4) is 0 Å². The molecule has 0 saturated carbocycles. The van der Waals surface area contributed by atoms with Gasteiger partial charge in [-0.05, 0) is 30.7 Å². The van der Waals surface area contributed by atoms with Gasteiger partial charge < -0.3 is 5.32 Å². The summed E-state index contributed by atoms with van der Waals surface area (Å²) in [6, 6.07) is 3.83. The molecular formula is C11H15ClN2S. The maximum absolute atomic E-state index is 5.81. The lowest BCUT2D eigenvalue weighted by atomic mass is 10.2. The van der Waals surface area contributed by atoms with Crippen LogP contribution in [0.15, 0.2) is 18.3 Å². The minimum absolute atomic E-state index is 0.552. The highest BCUT2D eigenvalue weighted by atomic mass is 35.5. The van der Waals surface area contributed by atoms with E-state index in [1.54, 1.807) is 6.20 Å². The van der Waals surface area contributed by atoms with Gasteiger partial charge in [0.1, 0.15) is 5.15 Å². The second-order valence-electron chi connectivity index (χ2n) is 3.74. The summed E-state index contributed by atoms with van der Waals surface area (Å²) in [6.45, 7) is 1.03. The second kappa shape index (κ2) is 5.61. The van der Waals surface area contributed by atoms with Crippen molar-refractivity contribution in [1.82, 2.24) is 4.98 Å². The molecule has 4 heteroatoms. The molecule has 0 radical (unpaired) electrons. The number of hydrogen-bond donors (Lipinski definition) is 1. The van der Waals surface area contributed by atoms with E-state index >= 15 is 0 Å². The van der Waals surface area contributed by atoms with Crippen molar-refractivity contribution in [1.29, 1.82) is 0 Å². The first kappa shape index (κ1) is 11.1. The highest BCUT2D eigenvalue weighted by Crippen LogP contribution is 2.25. The average Bonchev–Trinajstić information content (AvgIpc) is 2.28. The monoisotopic (exact) mass is 242 g/mol. The smallest absolute Gasteiger partial charge is 0.131 e. The first-order valence-electron chi connectivity index (χ1n) is 5.31. The molecule has 1 aliphatic rings. The Morgan fingerprint density at radius 3 is 3.20 bits per heavy atom. The number of nitrogens with zero attached hydrogens (tertiary/aromatic N) is 1. The number of rotatable bonds is 3. The fraction of sp³-hybridized carbons (Fsp3) is 0.545. The Hall–Kier alpha value is -0.410. The predicted octanol–water partition coefficient (Wildman–Crippen LogP) is 3.43. The first-order chi connectivity index (χ1) is 7.34. The van der Waals surface area contributed by atoms with E-state index < -0.39 is 0 Å². The third kappa shape index (κ3) is 3.58. The third-order valence-corrected chi connectivity index (χ3v) is 4.14. The number of aromatic nitrogens is 1. The molecule has 1 N–H and O–H groups in total. The van der Waals surface area contributed by atoms with E-state index in [4.69, 9.17) is 11.6 Å². The lowest BCUT2D eigenvalue weighted by molar-refractivity contribution is 0.677. The molecular weight excluding hydrogens is 228 g/mol. The largest absolute Gasteiger partial charge is 0.384 e. The van der Waals surface area contributed by atoms with E-state index in [0.717, 1.165) is 17.5 Å². The molecule has 1 fully saturated rings. The summed E-state index contributed by atoms with van der Waals surface area (Å²) in [5.41, 5.74) is 1.07. The number of halogens is 1. The van der Waals surface area contributed by atoms with Crippen molar-refractivity contribution in [3.05, 3.63) is 23.5 Å². The van der Waals surface area contributed by atoms with E-state index in [1.165, 1.54) is 25.0 Å². The molecule has 1 unspecified atom stereocenters. The van der Waals surface area contributed by atoms with Gasteiger partial charge in [0.15, 0.2) is 0 Å². The summed E-state index contributed by atoms with van der Waals surface area (Å²) < 4.78 is 0. The van der Waals surface area contributed by atoms with Gasteiger partial charge in [-0.15, -0.1) is 0 Å². The number of pyridine rings is 1. The summed E-state index contributed by atoms with van der Waals surface area (Å²) in [5.74, 6) is 1.31. The molecule has 2 rings (SSSR count). The zero-order valence-electron chi connectivity index (χ0n) is 8.58. The van der Waals surface area contributed by atoms with Gasteiger partial charge in [-0.3, -0.25) is 0 Å². The van der Waals surface area contributed by atoms with Gasteiger partial charge >= 0.3 is 0 Å². The molecule has 0 amide bonds. The topological polar surface area (TPSA) is 24.9 Å². The quantitative estimate of drug-likeness (QED) is 0.822. The molecule has 15 heavy (non-hydrogen) atoms.